The standard InChI is InChI=1S/C15H19N3O/c1-9(2)15-17-13(10(3)14(16)18-15)11-7-5-6-8-12(11)19-4/h5-9H,1-4H3,(H2,16,17,18). The number of para-hydroxylation sites is 1. The molecule has 4 heteroatoms. The maximum Gasteiger partial charge on any atom is 0.133 e. The minimum Gasteiger partial charge on any atom is -0.496 e. The molecule has 0 saturated carbocycles. The molecule has 0 radical (unpaired) electrons. The summed E-state index contributed by atoms with van der Waals surface area (Å²) in [6, 6.07) is 7.80. The highest BCUT2D eigenvalue weighted by molar-refractivity contribution is 5.72. The van der Waals surface area contributed by atoms with E-state index in [1.54, 1.807) is 7.11 Å². The van der Waals surface area contributed by atoms with Crippen molar-refractivity contribution in [2.45, 2.75) is 26.7 Å². The number of nitrogens with two attached hydrogens (primary N) is 1. The molecular weight excluding hydrogens is 238 g/mol. The van der Waals surface area contributed by atoms with Gasteiger partial charge in [0, 0.05) is 17.0 Å². The highest BCUT2D eigenvalue weighted by Crippen LogP contribution is 2.32. The molecule has 2 N–H and O–H groups in total. The number of benzene rings is 1. The van der Waals surface area contributed by atoms with Crippen LogP contribution in [0.15, 0.2) is 24.3 Å². The van der Waals surface area contributed by atoms with Crippen LogP contribution in [0.2, 0.25) is 0 Å². The lowest BCUT2D eigenvalue weighted by molar-refractivity contribution is 0.416. The van der Waals surface area contributed by atoms with Gasteiger partial charge < -0.3 is 10.5 Å². The van der Waals surface area contributed by atoms with E-state index < -0.39 is 0 Å². The SMILES string of the molecule is COc1ccccc1-c1nc(C(C)C)nc(N)c1C. The number of hydrogen-bond donors (Lipinski definition) is 1. The quantitative estimate of drug-likeness (QED) is 0.917. The Balaban J connectivity index is 2.67. The molecule has 1 aromatic heterocycles. The fourth-order valence-electron chi connectivity index (χ4n) is 1.91. The number of rotatable bonds is 3. The summed E-state index contributed by atoms with van der Waals surface area (Å²) in [7, 11) is 1.65. The van der Waals surface area contributed by atoms with E-state index in [9.17, 15) is 0 Å². The Bertz CT molecular complexity index is 594. The van der Waals surface area contributed by atoms with Crippen LogP contribution in [0.1, 0.15) is 31.2 Å². The van der Waals surface area contributed by atoms with Gasteiger partial charge in [-0.3, -0.25) is 0 Å². The second-order valence-corrected chi connectivity index (χ2v) is 4.80. The van der Waals surface area contributed by atoms with Gasteiger partial charge in [0.2, 0.25) is 0 Å². The van der Waals surface area contributed by atoms with Crippen molar-refractivity contribution in [1.82, 2.24) is 9.97 Å². The monoisotopic (exact) mass is 257 g/mol. The van der Waals surface area contributed by atoms with Crippen molar-refractivity contribution in [3.63, 3.8) is 0 Å². The van der Waals surface area contributed by atoms with Gasteiger partial charge in [0.05, 0.1) is 12.8 Å². The van der Waals surface area contributed by atoms with Gasteiger partial charge in [-0.1, -0.05) is 26.0 Å². The van der Waals surface area contributed by atoms with Crippen LogP contribution in [-0.2, 0) is 0 Å². The van der Waals surface area contributed by atoms with Crippen molar-refractivity contribution in [2.24, 2.45) is 0 Å². The van der Waals surface area contributed by atoms with Gasteiger partial charge in [-0.2, -0.15) is 0 Å². The smallest absolute Gasteiger partial charge is 0.133 e. The molecule has 0 unspecified atom stereocenters. The summed E-state index contributed by atoms with van der Waals surface area (Å²) in [5, 5.41) is 0. The van der Waals surface area contributed by atoms with E-state index in [1.807, 2.05) is 31.2 Å². The van der Waals surface area contributed by atoms with Gasteiger partial charge in [-0.05, 0) is 19.1 Å². The number of methoxy groups -OCH3 is 1. The van der Waals surface area contributed by atoms with E-state index in [2.05, 4.69) is 23.8 Å². The highest BCUT2D eigenvalue weighted by atomic mass is 16.5. The zero-order valence-electron chi connectivity index (χ0n) is 11.8. The molecule has 2 rings (SSSR count). The van der Waals surface area contributed by atoms with E-state index in [1.165, 1.54) is 0 Å². The molecule has 1 aromatic carbocycles. The summed E-state index contributed by atoms with van der Waals surface area (Å²) in [5.41, 5.74) is 8.66. The molecule has 4 nitrogen and oxygen atoms in total. The number of anilines is 1. The molecule has 0 aliphatic rings. The fourth-order valence-corrected chi connectivity index (χ4v) is 1.91. The minimum atomic E-state index is 0.233. The average molecular weight is 257 g/mol. The molecule has 19 heavy (non-hydrogen) atoms. The molecular formula is C15H19N3O. The van der Waals surface area contributed by atoms with Crippen molar-refractivity contribution in [3.8, 4) is 17.0 Å². The lowest BCUT2D eigenvalue weighted by Gasteiger charge is -2.14. The number of ether oxygens (including phenoxy) is 1. The Morgan fingerprint density at radius 2 is 1.84 bits per heavy atom. The third-order valence-electron chi connectivity index (χ3n) is 3.08. The largest absolute Gasteiger partial charge is 0.496 e. The molecule has 0 bridgehead atoms. The molecule has 100 valence electrons. The Hall–Kier alpha value is -2.10. The lowest BCUT2D eigenvalue weighted by atomic mass is 10.1. The summed E-state index contributed by atoms with van der Waals surface area (Å²) in [4.78, 5) is 8.98. The van der Waals surface area contributed by atoms with Crippen LogP contribution >= 0.6 is 0 Å². The van der Waals surface area contributed by atoms with E-state index >= 15 is 0 Å². The van der Waals surface area contributed by atoms with Crippen molar-refractivity contribution in [2.75, 3.05) is 12.8 Å². The van der Waals surface area contributed by atoms with E-state index in [0.29, 0.717) is 5.82 Å². The number of hydrogen-bond acceptors (Lipinski definition) is 4. The van der Waals surface area contributed by atoms with Crippen LogP contribution in [0.4, 0.5) is 5.82 Å². The predicted molar refractivity (Wildman–Crippen MR) is 77.3 cm³/mol. The maximum absolute atomic E-state index is 6.00. The Kier molecular flexibility index (Phi) is 3.69. The summed E-state index contributed by atoms with van der Waals surface area (Å²) in [6.07, 6.45) is 0. The van der Waals surface area contributed by atoms with Crippen LogP contribution in [0, 0.1) is 6.92 Å². The molecule has 0 fully saturated rings. The molecule has 0 spiro atoms. The third-order valence-corrected chi connectivity index (χ3v) is 3.08. The molecule has 0 aliphatic carbocycles. The van der Waals surface area contributed by atoms with Gasteiger partial charge >= 0.3 is 0 Å². The first-order valence-electron chi connectivity index (χ1n) is 6.32. The van der Waals surface area contributed by atoms with Gasteiger partial charge in [0.1, 0.15) is 17.4 Å². The van der Waals surface area contributed by atoms with Crippen LogP contribution in [0.25, 0.3) is 11.3 Å². The van der Waals surface area contributed by atoms with Gasteiger partial charge in [0.15, 0.2) is 0 Å². The number of aromatic nitrogens is 2. The summed E-state index contributed by atoms with van der Waals surface area (Å²) >= 11 is 0. The third kappa shape index (κ3) is 2.52. The molecule has 0 saturated heterocycles. The average Bonchev–Trinajstić information content (AvgIpc) is 2.41. The van der Waals surface area contributed by atoms with Crippen molar-refractivity contribution in [3.05, 3.63) is 35.7 Å². The van der Waals surface area contributed by atoms with Gasteiger partial charge in [-0.25, -0.2) is 9.97 Å². The minimum absolute atomic E-state index is 0.233. The number of nitrogen functional groups attached to an aromatic ring is 1. The van der Waals surface area contributed by atoms with Crippen molar-refractivity contribution >= 4 is 5.82 Å². The van der Waals surface area contributed by atoms with Crippen LogP contribution in [0.3, 0.4) is 0 Å². The summed E-state index contributed by atoms with van der Waals surface area (Å²) < 4.78 is 5.39. The Labute approximate surface area is 113 Å². The van der Waals surface area contributed by atoms with E-state index in [-0.39, 0.29) is 5.92 Å². The van der Waals surface area contributed by atoms with Crippen molar-refractivity contribution < 1.29 is 4.74 Å². The first-order chi connectivity index (χ1) is 9.04. The Morgan fingerprint density at radius 1 is 1.16 bits per heavy atom. The van der Waals surface area contributed by atoms with E-state index in [0.717, 1.165) is 28.4 Å². The molecule has 2 aromatic rings. The Morgan fingerprint density at radius 3 is 2.47 bits per heavy atom. The van der Waals surface area contributed by atoms with E-state index in [4.69, 9.17) is 10.5 Å². The molecule has 0 aliphatic heterocycles. The normalized spacial score (nSPS) is 10.8. The molecule has 1 heterocycles. The topological polar surface area (TPSA) is 61.0 Å². The summed E-state index contributed by atoms with van der Waals surface area (Å²) in [6.45, 7) is 6.04. The van der Waals surface area contributed by atoms with Gasteiger partial charge in [0.25, 0.3) is 0 Å². The highest BCUT2D eigenvalue weighted by Gasteiger charge is 2.15. The zero-order valence-corrected chi connectivity index (χ0v) is 11.8. The van der Waals surface area contributed by atoms with Crippen LogP contribution < -0.4 is 10.5 Å². The maximum atomic E-state index is 6.00. The lowest BCUT2D eigenvalue weighted by Crippen LogP contribution is -2.06. The first kappa shape index (κ1) is 13.3. The zero-order chi connectivity index (χ0) is 14.0. The van der Waals surface area contributed by atoms with Gasteiger partial charge in [-0.15, -0.1) is 0 Å². The predicted octanol–water partition coefficient (Wildman–Crippen LogP) is 3.17. The second-order valence-electron chi connectivity index (χ2n) is 4.80. The summed E-state index contributed by atoms with van der Waals surface area (Å²) in [5.74, 6) is 2.30. The first-order valence-corrected chi connectivity index (χ1v) is 6.32. The number of nitrogens with zero attached hydrogens (tertiary/aromatic N) is 2. The second kappa shape index (κ2) is 5.26. The fraction of sp³-hybridized carbons (Fsp3) is 0.333. The van der Waals surface area contributed by atoms with Crippen LogP contribution in [-0.4, -0.2) is 17.1 Å². The molecule has 0 amide bonds. The molecule has 0 atom stereocenters. The van der Waals surface area contributed by atoms with Crippen molar-refractivity contribution in [1.29, 1.82) is 0 Å². The van der Waals surface area contributed by atoms with Crippen LogP contribution in [0.5, 0.6) is 5.75 Å².